The van der Waals surface area contributed by atoms with Gasteiger partial charge in [-0.3, -0.25) is 0 Å². The number of aryl methyl sites for hydroxylation is 1. The van der Waals surface area contributed by atoms with Crippen molar-refractivity contribution in [3.8, 4) is 5.75 Å². The zero-order valence-corrected chi connectivity index (χ0v) is 8.47. The second-order valence-corrected chi connectivity index (χ2v) is 3.69. The minimum atomic E-state index is -0.390. The van der Waals surface area contributed by atoms with Crippen LogP contribution in [0.2, 0.25) is 5.02 Å². The highest BCUT2D eigenvalue weighted by atomic mass is 35.5. The summed E-state index contributed by atoms with van der Waals surface area (Å²) in [4.78, 5) is 0. The van der Waals surface area contributed by atoms with E-state index in [-0.39, 0.29) is 11.9 Å². The zero-order valence-electron chi connectivity index (χ0n) is 7.71. The zero-order chi connectivity index (χ0) is 10.0. The minimum absolute atomic E-state index is 0.0912. The Morgan fingerprint density at radius 2 is 2.08 bits per heavy atom. The third-order valence-corrected chi connectivity index (χ3v) is 2.22. The van der Waals surface area contributed by atoms with Crippen molar-refractivity contribution >= 4 is 11.6 Å². The van der Waals surface area contributed by atoms with E-state index in [4.69, 9.17) is 11.6 Å². The van der Waals surface area contributed by atoms with Gasteiger partial charge < -0.3 is 10.2 Å². The van der Waals surface area contributed by atoms with Crippen LogP contribution in [0, 0.1) is 6.92 Å². The Balaban J connectivity index is 3.01. The highest BCUT2D eigenvalue weighted by Crippen LogP contribution is 2.27. The maximum Gasteiger partial charge on any atom is 0.134 e. The molecule has 2 N–H and O–H groups in total. The molecule has 0 saturated heterocycles. The van der Waals surface area contributed by atoms with Gasteiger partial charge in [-0.15, -0.1) is 0 Å². The smallest absolute Gasteiger partial charge is 0.134 e. The molecule has 0 aliphatic heterocycles. The van der Waals surface area contributed by atoms with Crippen LogP contribution in [0.25, 0.3) is 0 Å². The van der Waals surface area contributed by atoms with Crippen LogP contribution in [0.5, 0.6) is 5.75 Å². The van der Waals surface area contributed by atoms with Gasteiger partial charge in [0, 0.05) is 0 Å². The van der Waals surface area contributed by atoms with Gasteiger partial charge in [0.2, 0.25) is 0 Å². The molecule has 0 fully saturated rings. The first-order valence-corrected chi connectivity index (χ1v) is 4.54. The third-order valence-electron chi connectivity index (χ3n) is 1.92. The molecule has 0 bridgehead atoms. The Labute approximate surface area is 82.8 Å². The van der Waals surface area contributed by atoms with E-state index in [1.165, 1.54) is 0 Å². The first-order valence-electron chi connectivity index (χ1n) is 4.16. The summed E-state index contributed by atoms with van der Waals surface area (Å²) in [6, 6.07) is 3.30. The average Bonchev–Trinajstić information content (AvgIpc) is 1.99. The summed E-state index contributed by atoms with van der Waals surface area (Å²) in [5.74, 6) is 0.0912. The van der Waals surface area contributed by atoms with E-state index in [1.54, 1.807) is 19.1 Å². The number of hydrogen-bond acceptors (Lipinski definition) is 2. The number of benzene rings is 1. The molecule has 1 aromatic carbocycles. The molecule has 1 rings (SSSR count). The number of phenols is 1. The molecular weight excluding hydrogens is 188 g/mol. The largest absolute Gasteiger partial charge is 0.506 e. The maximum absolute atomic E-state index is 9.26. The van der Waals surface area contributed by atoms with Gasteiger partial charge in [0.1, 0.15) is 5.75 Å². The number of aliphatic hydroxyl groups excluding tert-OH is 1. The molecule has 0 radical (unpaired) electrons. The van der Waals surface area contributed by atoms with E-state index in [9.17, 15) is 10.2 Å². The predicted octanol–water partition coefficient (Wildman–Crippen LogP) is 2.28. The van der Waals surface area contributed by atoms with Crippen LogP contribution in [-0.4, -0.2) is 16.3 Å². The molecule has 1 atom stereocenters. The Hall–Kier alpha value is -0.730. The lowest BCUT2D eigenvalue weighted by Crippen LogP contribution is -2.05. The Morgan fingerprint density at radius 3 is 2.62 bits per heavy atom. The van der Waals surface area contributed by atoms with Crippen LogP contribution in [0.3, 0.4) is 0 Å². The maximum atomic E-state index is 9.26. The molecule has 0 heterocycles. The molecule has 0 aliphatic rings. The Bertz CT molecular complexity index is 308. The number of aliphatic hydroxyl groups is 1. The molecule has 2 nitrogen and oxygen atoms in total. The summed E-state index contributed by atoms with van der Waals surface area (Å²) >= 11 is 5.74. The molecule has 3 heteroatoms. The van der Waals surface area contributed by atoms with Crippen LogP contribution < -0.4 is 0 Å². The summed E-state index contributed by atoms with van der Waals surface area (Å²) < 4.78 is 0. The van der Waals surface area contributed by atoms with Crippen LogP contribution in [0.4, 0.5) is 0 Å². The summed E-state index contributed by atoms with van der Waals surface area (Å²) in [5, 5.41) is 18.8. The number of rotatable bonds is 2. The molecule has 1 aromatic rings. The van der Waals surface area contributed by atoms with Crippen LogP contribution in [-0.2, 0) is 6.42 Å². The van der Waals surface area contributed by atoms with Crippen LogP contribution >= 0.6 is 11.6 Å². The SMILES string of the molecule is Cc1cc(O)c(Cl)cc1CC(C)O. The molecule has 0 aliphatic carbocycles. The second-order valence-electron chi connectivity index (χ2n) is 3.28. The van der Waals surface area contributed by atoms with Gasteiger partial charge in [-0.05, 0) is 43.5 Å². The Morgan fingerprint density at radius 1 is 1.46 bits per heavy atom. The van der Waals surface area contributed by atoms with Crippen molar-refractivity contribution < 1.29 is 10.2 Å². The fourth-order valence-corrected chi connectivity index (χ4v) is 1.43. The van der Waals surface area contributed by atoms with Crippen LogP contribution in [0.15, 0.2) is 12.1 Å². The van der Waals surface area contributed by atoms with E-state index in [1.807, 2.05) is 6.92 Å². The summed E-state index contributed by atoms with van der Waals surface area (Å²) in [5.41, 5.74) is 1.92. The van der Waals surface area contributed by atoms with Gasteiger partial charge in [-0.25, -0.2) is 0 Å². The van der Waals surface area contributed by atoms with Gasteiger partial charge in [0.25, 0.3) is 0 Å². The first-order chi connectivity index (χ1) is 6.00. The van der Waals surface area contributed by atoms with Crippen molar-refractivity contribution in [2.45, 2.75) is 26.4 Å². The normalized spacial score (nSPS) is 12.9. The van der Waals surface area contributed by atoms with E-state index < -0.39 is 0 Å². The van der Waals surface area contributed by atoms with Crippen molar-refractivity contribution in [2.24, 2.45) is 0 Å². The van der Waals surface area contributed by atoms with E-state index >= 15 is 0 Å². The molecule has 0 spiro atoms. The van der Waals surface area contributed by atoms with Gasteiger partial charge in [0.05, 0.1) is 11.1 Å². The molecule has 0 amide bonds. The fraction of sp³-hybridized carbons (Fsp3) is 0.400. The fourth-order valence-electron chi connectivity index (χ4n) is 1.25. The lowest BCUT2D eigenvalue weighted by atomic mass is 10.0. The molecule has 72 valence electrons. The molecule has 1 unspecified atom stereocenters. The standard InChI is InChI=1S/C10H13ClO2/c1-6-3-10(13)9(11)5-8(6)4-7(2)12/h3,5,7,12-13H,4H2,1-2H3. The van der Waals surface area contributed by atoms with Crippen molar-refractivity contribution in [1.82, 2.24) is 0 Å². The topological polar surface area (TPSA) is 40.5 Å². The van der Waals surface area contributed by atoms with Crippen LogP contribution in [0.1, 0.15) is 18.1 Å². The number of halogens is 1. The quantitative estimate of drug-likeness (QED) is 0.769. The molecule has 0 aromatic heterocycles. The minimum Gasteiger partial charge on any atom is -0.506 e. The summed E-state index contributed by atoms with van der Waals surface area (Å²) in [6.45, 7) is 3.61. The van der Waals surface area contributed by atoms with Crippen molar-refractivity contribution in [3.63, 3.8) is 0 Å². The van der Waals surface area contributed by atoms with E-state index in [2.05, 4.69) is 0 Å². The van der Waals surface area contributed by atoms with Crippen molar-refractivity contribution in [1.29, 1.82) is 0 Å². The first kappa shape index (κ1) is 10.4. The van der Waals surface area contributed by atoms with E-state index in [0.29, 0.717) is 11.4 Å². The van der Waals surface area contributed by atoms with E-state index in [0.717, 1.165) is 11.1 Å². The van der Waals surface area contributed by atoms with Gasteiger partial charge in [-0.1, -0.05) is 11.6 Å². The number of hydrogen-bond donors (Lipinski definition) is 2. The van der Waals surface area contributed by atoms with Crippen molar-refractivity contribution in [3.05, 3.63) is 28.3 Å². The lowest BCUT2D eigenvalue weighted by molar-refractivity contribution is 0.195. The summed E-state index contributed by atoms with van der Waals surface area (Å²) in [7, 11) is 0. The molecule has 0 saturated carbocycles. The van der Waals surface area contributed by atoms with Gasteiger partial charge in [-0.2, -0.15) is 0 Å². The van der Waals surface area contributed by atoms with Gasteiger partial charge >= 0.3 is 0 Å². The number of phenolic OH excluding ortho intramolecular Hbond substituents is 1. The summed E-state index contributed by atoms with van der Waals surface area (Å²) in [6.07, 6.45) is 0.172. The predicted molar refractivity (Wildman–Crippen MR) is 53.2 cm³/mol. The lowest BCUT2D eigenvalue weighted by Gasteiger charge is -2.09. The average molecular weight is 201 g/mol. The third kappa shape index (κ3) is 2.61. The van der Waals surface area contributed by atoms with Crippen molar-refractivity contribution in [2.75, 3.05) is 0 Å². The molecular formula is C10H13ClO2. The molecule has 13 heavy (non-hydrogen) atoms. The number of aromatic hydroxyl groups is 1. The second kappa shape index (κ2) is 3.99. The Kier molecular flexibility index (Phi) is 3.17. The van der Waals surface area contributed by atoms with Gasteiger partial charge in [0.15, 0.2) is 0 Å². The highest BCUT2D eigenvalue weighted by Gasteiger charge is 2.06. The highest BCUT2D eigenvalue weighted by molar-refractivity contribution is 6.32. The monoisotopic (exact) mass is 200 g/mol.